The van der Waals surface area contributed by atoms with Crippen molar-refractivity contribution >= 4 is 17.7 Å². The highest BCUT2D eigenvalue weighted by atomic mass is 16.5. The predicted molar refractivity (Wildman–Crippen MR) is 146 cm³/mol. The molecule has 0 saturated heterocycles. The Morgan fingerprint density at radius 3 is 2.74 bits per heavy atom. The fourth-order valence-electron chi connectivity index (χ4n) is 4.45. The number of carboxylic acid groups (broad SMARTS) is 1. The molecule has 4 N–H and O–H groups in total. The number of rotatable bonds is 10. The molecule has 0 bridgehead atoms. The van der Waals surface area contributed by atoms with Gasteiger partial charge in [-0.1, -0.05) is 49.4 Å². The maximum Gasteiger partial charge on any atom is 0.407 e. The number of nitrogens with zero attached hydrogens (tertiary/aromatic N) is 3. The van der Waals surface area contributed by atoms with Crippen molar-refractivity contribution < 1.29 is 19.4 Å². The largest absolute Gasteiger partial charge is 0.465 e. The van der Waals surface area contributed by atoms with Gasteiger partial charge in [0.1, 0.15) is 12.1 Å². The second-order valence-corrected chi connectivity index (χ2v) is 9.30. The first-order valence-corrected chi connectivity index (χ1v) is 12.8. The first kappa shape index (κ1) is 27.2. The van der Waals surface area contributed by atoms with Gasteiger partial charge in [0.15, 0.2) is 0 Å². The molecule has 2 aliphatic rings. The van der Waals surface area contributed by atoms with E-state index in [0.717, 1.165) is 29.2 Å². The molecule has 0 aliphatic carbocycles. The van der Waals surface area contributed by atoms with E-state index in [1.54, 1.807) is 18.1 Å². The summed E-state index contributed by atoms with van der Waals surface area (Å²) < 4.78 is 6.29. The minimum atomic E-state index is -0.968. The second kappa shape index (κ2) is 12.6. The van der Waals surface area contributed by atoms with Crippen LogP contribution in [0.3, 0.4) is 0 Å². The Bertz CT molecular complexity index is 1180. The SMILES string of the molecule is CCNC1NCC2=C(N1)N(C)C=CN(c1cccc(COC(CCN(C)C(=O)O)c3ccccc3)c1)C2=O. The lowest BCUT2D eigenvalue weighted by atomic mass is 10.1. The fourth-order valence-corrected chi connectivity index (χ4v) is 4.45. The van der Waals surface area contributed by atoms with Crippen molar-refractivity contribution in [1.82, 2.24) is 25.8 Å². The lowest BCUT2D eigenvalue weighted by molar-refractivity contribution is -0.114. The van der Waals surface area contributed by atoms with Gasteiger partial charge in [-0.2, -0.15) is 0 Å². The molecule has 4 rings (SSSR count). The molecule has 0 spiro atoms. The van der Waals surface area contributed by atoms with Crippen molar-refractivity contribution in [2.75, 3.05) is 38.6 Å². The number of ether oxygens (including phenoxy) is 1. The Kier molecular flexibility index (Phi) is 9.01. The van der Waals surface area contributed by atoms with E-state index in [0.29, 0.717) is 31.7 Å². The first-order valence-electron chi connectivity index (χ1n) is 12.8. The normalized spacial score (nSPS) is 18.1. The molecule has 2 unspecified atom stereocenters. The summed E-state index contributed by atoms with van der Waals surface area (Å²) in [5, 5.41) is 19.2. The van der Waals surface area contributed by atoms with E-state index in [1.165, 1.54) is 4.90 Å². The topological polar surface area (TPSA) is 109 Å². The lowest BCUT2D eigenvalue weighted by Gasteiger charge is -2.33. The molecule has 0 radical (unpaired) electrons. The van der Waals surface area contributed by atoms with Gasteiger partial charge >= 0.3 is 6.09 Å². The van der Waals surface area contributed by atoms with Gasteiger partial charge in [-0.15, -0.1) is 0 Å². The van der Waals surface area contributed by atoms with Crippen LogP contribution < -0.4 is 20.9 Å². The number of amides is 2. The van der Waals surface area contributed by atoms with Gasteiger partial charge in [0.05, 0.1) is 18.3 Å². The first-order chi connectivity index (χ1) is 18.4. The zero-order valence-electron chi connectivity index (χ0n) is 22.1. The fraction of sp³-hybridized carbons (Fsp3) is 0.357. The Balaban J connectivity index is 1.49. The molecule has 38 heavy (non-hydrogen) atoms. The molecule has 2 atom stereocenters. The highest BCUT2D eigenvalue weighted by Gasteiger charge is 2.30. The minimum absolute atomic E-state index is 0.104. The standard InChI is InChI=1S/C28H36N6O4/c1-4-29-27-30-18-23-25(31-27)32(2)15-16-34(26(23)35)22-12-8-9-20(17-22)19-38-24(13-14-33(3)28(36)37)21-10-6-5-7-11-21/h5-12,15-17,24,27,29-31H,4,13-14,18-19H2,1-3H3,(H,36,37). The van der Waals surface area contributed by atoms with Crippen LogP contribution in [0.1, 0.15) is 30.6 Å². The Hall–Kier alpha value is -3.86. The molecule has 2 aliphatic heterocycles. The Labute approximate surface area is 223 Å². The average molecular weight is 521 g/mol. The predicted octanol–water partition coefficient (Wildman–Crippen LogP) is 2.99. The van der Waals surface area contributed by atoms with Crippen LogP contribution in [0.25, 0.3) is 0 Å². The number of nitrogens with one attached hydrogen (secondary N) is 3. The van der Waals surface area contributed by atoms with E-state index in [-0.39, 0.29) is 18.3 Å². The molecular formula is C28H36N6O4. The van der Waals surface area contributed by atoms with Gasteiger partial charge < -0.3 is 25.0 Å². The number of hydrogen-bond donors (Lipinski definition) is 4. The van der Waals surface area contributed by atoms with Gasteiger partial charge in [0.25, 0.3) is 5.91 Å². The third-order valence-corrected chi connectivity index (χ3v) is 6.59. The van der Waals surface area contributed by atoms with Crippen LogP contribution in [0.2, 0.25) is 0 Å². The summed E-state index contributed by atoms with van der Waals surface area (Å²) in [6.07, 6.45) is 2.82. The summed E-state index contributed by atoms with van der Waals surface area (Å²) >= 11 is 0. The summed E-state index contributed by atoms with van der Waals surface area (Å²) in [4.78, 5) is 29.6. The maximum atomic E-state index is 13.6. The quantitative estimate of drug-likeness (QED) is 0.379. The molecule has 0 fully saturated rings. The zero-order valence-corrected chi connectivity index (χ0v) is 22.1. The van der Waals surface area contributed by atoms with Crippen LogP contribution in [0.4, 0.5) is 10.5 Å². The van der Waals surface area contributed by atoms with Crippen LogP contribution in [-0.4, -0.2) is 66.9 Å². The molecule has 0 aromatic heterocycles. The van der Waals surface area contributed by atoms with Crippen molar-refractivity contribution in [2.24, 2.45) is 0 Å². The molecule has 2 heterocycles. The van der Waals surface area contributed by atoms with E-state index in [9.17, 15) is 14.7 Å². The molecular weight excluding hydrogens is 484 g/mol. The highest BCUT2D eigenvalue weighted by Crippen LogP contribution is 2.27. The molecule has 2 aromatic rings. The number of benzene rings is 2. The highest BCUT2D eigenvalue weighted by molar-refractivity contribution is 6.08. The summed E-state index contributed by atoms with van der Waals surface area (Å²) in [6, 6.07) is 17.5. The van der Waals surface area contributed by atoms with Crippen LogP contribution in [-0.2, 0) is 16.1 Å². The van der Waals surface area contributed by atoms with Gasteiger partial charge in [0, 0.05) is 45.3 Å². The molecule has 0 saturated carbocycles. The van der Waals surface area contributed by atoms with Gasteiger partial charge in [-0.3, -0.25) is 20.3 Å². The summed E-state index contributed by atoms with van der Waals surface area (Å²) in [7, 11) is 3.47. The number of anilines is 1. The number of carbonyl (C=O) groups excluding carboxylic acids is 1. The Morgan fingerprint density at radius 2 is 2.00 bits per heavy atom. The molecule has 10 heteroatoms. The average Bonchev–Trinajstić information content (AvgIpc) is 3.05. The maximum absolute atomic E-state index is 13.6. The van der Waals surface area contributed by atoms with Crippen molar-refractivity contribution in [2.45, 2.75) is 32.3 Å². The monoisotopic (exact) mass is 520 g/mol. The smallest absolute Gasteiger partial charge is 0.407 e. The zero-order chi connectivity index (χ0) is 27.1. The van der Waals surface area contributed by atoms with Crippen LogP contribution >= 0.6 is 0 Å². The van der Waals surface area contributed by atoms with Crippen LogP contribution in [0, 0.1) is 0 Å². The summed E-state index contributed by atoms with van der Waals surface area (Å²) in [5.74, 6) is 0.669. The third-order valence-electron chi connectivity index (χ3n) is 6.59. The van der Waals surface area contributed by atoms with Crippen molar-refractivity contribution in [3.63, 3.8) is 0 Å². The molecule has 10 nitrogen and oxygen atoms in total. The molecule has 202 valence electrons. The Morgan fingerprint density at radius 1 is 1.21 bits per heavy atom. The van der Waals surface area contributed by atoms with Gasteiger partial charge in [-0.05, 0) is 36.2 Å². The van der Waals surface area contributed by atoms with E-state index in [1.807, 2.05) is 79.7 Å². The van der Waals surface area contributed by atoms with Gasteiger partial charge in [0.2, 0.25) is 0 Å². The summed E-state index contributed by atoms with van der Waals surface area (Å²) in [6.45, 7) is 3.93. The van der Waals surface area contributed by atoms with Gasteiger partial charge in [-0.25, -0.2) is 4.79 Å². The van der Waals surface area contributed by atoms with E-state index >= 15 is 0 Å². The number of hydrogen-bond acceptors (Lipinski definition) is 7. The molecule has 2 amide bonds. The van der Waals surface area contributed by atoms with Crippen LogP contribution in [0.15, 0.2) is 78.4 Å². The third kappa shape index (κ3) is 6.52. The van der Waals surface area contributed by atoms with Crippen molar-refractivity contribution in [1.29, 1.82) is 0 Å². The minimum Gasteiger partial charge on any atom is -0.465 e. The van der Waals surface area contributed by atoms with E-state index in [2.05, 4.69) is 16.0 Å². The van der Waals surface area contributed by atoms with E-state index < -0.39 is 6.09 Å². The molecule has 2 aromatic carbocycles. The van der Waals surface area contributed by atoms with Crippen molar-refractivity contribution in [3.8, 4) is 0 Å². The second-order valence-electron chi connectivity index (χ2n) is 9.30. The van der Waals surface area contributed by atoms with E-state index in [4.69, 9.17) is 4.74 Å². The lowest BCUT2D eigenvalue weighted by Crippen LogP contribution is -2.58. The van der Waals surface area contributed by atoms with Crippen LogP contribution in [0.5, 0.6) is 0 Å². The number of carbonyl (C=O) groups is 2. The van der Waals surface area contributed by atoms with Crippen molar-refractivity contribution in [3.05, 3.63) is 89.5 Å². The summed E-state index contributed by atoms with van der Waals surface area (Å²) in [5.41, 5.74) is 3.30.